The molecule has 30 heavy (non-hydrogen) atoms. The van der Waals surface area contributed by atoms with E-state index in [1.54, 1.807) is 18.2 Å². The number of nitrogens with one attached hydrogen (secondary N) is 3. The third kappa shape index (κ3) is 5.46. The predicted molar refractivity (Wildman–Crippen MR) is 126 cm³/mol. The molecule has 156 valence electrons. The van der Waals surface area contributed by atoms with E-state index in [0.717, 1.165) is 28.0 Å². The first-order valence-electron chi connectivity index (χ1n) is 9.51. The fraction of sp³-hybridized carbons (Fsp3) is 0.227. The van der Waals surface area contributed by atoms with Crippen LogP contribution in [0.3, 0.4) is 0 Å². The molecule has 1 amide bonds. The van der Waals surface area contributed by atoms with Gasteiger partial charge in [-0.3, -0.25) is 15.2 Å². The van der Waals surface area contributed by atoms with Crippen molar-refractivity contribution in [3.8, 4) is 5.75 Å². The van der Waals surface area contributed by atoms with Crippen LogP contribution >= 0.6 is 28.1 Å². The van der Waals surface area contributed by atoms with Crippen molar-refractivity contribution >= 4 is 44.9 Å². The maximum absolute atomic E-state index is 12.5. The van der Waals surface area contributed by atoms with E-state index in [2.05, 4.69) is 36.8 Å². The van der Waals surface area contributed by atoms with Crippen LogP contribution in [0.1, 0.15) is 39.8 Å². The van der Waals surface area contributed by atoms with Crippen molar-refractivity contribution in [1.29, 1.82) is 0 Å². The molecule has 1 aromatic heterocycles. The number of anilines is 1. The molecule has 0 aliphatic heterocycles. The largest absolute Gasteiger partial charge is 0.493 e. The molecule has 0 aliphatic carbocycles. The summed E-state index contributed by atoms with van der Waals surface area (Å²) in [5.74, 6) is 0.398. The van der Waals surface area contributed by atoms with Gasteiger partial charge in [0.05, 0.1) is 16.8 Å². The van der Waals surface area contributed by atoms with E-state index in [0.29, 0.717) is 17.9 Å². The van der Waals surface area contributed by atoms with Gasteiger partial charge in [-0.05, 0) is 84.8 Å². The van der Waals surface area contributed by atoms with Gasteiger partial charge >= 0.3 is 0 Å². The standard InChI is InChI=1S/C22H23BrN4O2S/c1-4-29-20-10-7-16(12-19(20)23)21(28)25-22(30)24-17-8-5-15(6-9-17)11-18-13(2)26-27-14(18)3/h5-10,12H,4,11H2,1-3H3,(H,26,27)(H2,24,25,28,30). The van der Waals surface area contributed by atoms with Gasteiger partial charge in [0.1, 0.15) is 5.75 Å². The number of aromatic nitrogens is 2. The van der Waals surface area contributed by atoms with Gasteiger partial charge in [0.2, 0.25) is 0 Å². The summed E-state index contributed by atoms with van der Waals surface area (Å²) in [6.45, 7) is 6.48. The molecular formula is C22H23BrN4O2S. The number of aryl methyl sites for hydroxylation is 2. The number of ether oxygens (including phenoxy) is 1. The van der Waals surface area contributed by atoms with Gasteiger partial charge in [-0.25, -0.2) is 0 Å². The van der Waals surface area contributed by atoms with Crippen LogP contribution in [0, 0.1) is 13.8 Å². The third-order valence-corrected chi connectivity index (χ3v) is 5.42. The number of amides is 1. The zero-order valence-corrected chi connectivity index (χ0v) is 19.4. The maximum Gasteiger partial charge on any atom is 0.257 e. The average Bonchev–Trinajstić information content (AvgIpc) is 3.03. The number of halogens is 1. The minimum atomic E-state index is -0.293. The quantitative estimate of drug-likeness (QED) is 0.431. The number of hydrogen-bond acceptors (Lipinski definition) is 4. The summed E-state index contributed by atoms with van der Waals surface area (Å²) in [5.41, 5.74) is 5.76. The van der Waals surface area contributed by atoms with Crippen molar-refractivity contribution in [2.75, 3.05) is 11.9 Å². The number of aromatic amines is 1. The van der Waals surface area contributed by atoms with E-state index in [-0.39, 0.29) is 11.0 Å². The number of H-pyrrole nitrogens is 1. The van der Waals surface area contributed by atoms with Gasteiger partial charge in [-0.15, -0.1) is 0 Å². The lowest BCUT2D eigenvalue weighted by molar-refractivity contribution is 0.0977. The molecule has 0 fully saturated rings. The monoisotopic (exact) mass is 486 g/mol. The normalized spacial score (nSPS) is 10.5. The van der Waals surface area contributed by atoms with Gasteiger partial charge in [0.25, 0.3) is 5.91 Å². The van der Waals surface area contributed by atoms with E-state index >= 15 is 0 Å². The van der Waals surface area contributed by atoms with Gasteiger partial charge < -0.3 is 10.1 Å². The SMILES string of the molecule is CCOc1ccc(C(=O)NC(=S)Nc2ccc(Cc3c(C)n[nH]c3C)cc2)cc1Br. The molecule has 0 bridgehead atoms. The Morgan fingerprint density at radius 1 is 1.20 bits per heavy atom. The first kappa shape index (κ1) is 22.0. The predicted octanol–water partition coefficient (Wildman–Crippen LogP) is 4.91. The molecule has 3 aromatic rings. The highest BCUT2D eigenvalue weighted by atomic mass is 79.9. The Labute approximate surface area is 189 Å². The van der Waals surface area contributed by atoms with Crippen LogP contribution in [0.4, 0.5) is 5.69 Å². The maximum atomic E-state index is 12.5. The Hall–Kier alpha value is -2.71. The van der Waals surface area contributed by atoms with Crippen LogP contribution in [-0.2, 0) is 6.42 Å². The Balaban J connectivity index is 1.58. The zero-order chi connectivity index (χ0) is 21.7. The van der Waals surface area contributed by atoms with Crippen molar-refractivity contribution in [2.45, 2.75) is 27.2 Å². The molecule has 3 rings (SSSR count). The highest BCUT2D eigenvalue weighted by Gasteiger charge is 2.11. The lowest BCUT2D eigenvalue weighted by Crippen LogP contribution is -2.34. The first-order chi connectivity index (χ1) is 14.4. The fourth-order valence-corrected chi connectivity index (χ4v) is 3.70. The van der Waals surface area contributed by atoms with Crippen molar-refractivity contribution in [3.63, 3.8) is 0 Å². The number of carbonyl (C=O) groups excluding carboxylic acids is 1. The third-order valence-electron chi connectivity index (χ3n) is 4.59. The number of nitrogens with zero attached hydrogens (tertiary/aromatic N) is 1. The molecule has 6 nitrogen and oxygen atoms in total. The first-order valence-corrected chi connectivity index (χ1v) is 10.7. The van der Waals surface area contributed by atoms with Gasteiger partial charge in [-0.2, -0.15) is 5.10 Å². The molecular weight excluding hydrogens is 464 g/mol. The van der Waals surface area contributed by atoms with Gasteiger partial charge in [-0.1, -0.05) is 12.1 Å². The summed E-state index contributed by atoms with van der Waals surface area (Å²) in [7, 11) is 0. The molecule has 8 heteroatoms. The Bertz CT molecular complexity index is 1040. The van der Waals surface area contributed by atoms with Crippen molar-refractivity contribution < 1.29 is 9.53 Å². The molecule has 0 spiro atoms. The summed E-state index contributed by atoms with van der Waals surface area (Å²) in [4.78, 5) is 12.5. The van der Waals surface area contributed by atoms with Gasteiger partial charge in [0.15, 0.2) is 5.11 Å². The van der Waals surface area contributed by atoms with E-state index in [1.807, 2.05) is 45.0 Å². The molecule has 0 saturated heterocycles. The molecule has 3 N–H and O–H groups in total. The molecule has 0 atom stereocenters. The van der Waals surface area contributed by atoms with E-state index in [1.165, 1.54) is 11.1 Å². The van der Waals surface area contributed by atoms with Crippen LogP contribution in [0.15, 0.2) is 46.9 Å². The second-order valence-corrected chi connectivity index (χ2v) is 8.04. The highest BCUT2D eigenvalue weighted by Crippen LogP contribution is 2.26. The second-order valence-electron chi connectivity index (χ2n) is 6.77. The number of carbonyl (C=O) groups is 1. The summed E-state index contributed by atoms with van der Waals surface area (Å²) in [6, 6.07) is 13.1. The van der Waals surface area contributed by atoms with E-state index in [4.69, 9.17) is 17.0 Å². The van der Waals surface area contributed by atoms with Crippen LogP contribution < -0.4 is 15.4 Å². The van der Waals surface area contributed by atoms with Crippen molar-refractivity contribution in [1.82, 2.24) is 15.5 Å². The number of thiocarbonyl (C=S) groups is 1. The lowest BCUT2D eigenvalue weighted by atomic mass is 10.0. The fourth-order valence-electron chi connectivity index (χ4n) is 3.00. The Morgan fingerprint density at radius 2 is 1.93 bits per heavy atom. The zero-order valence-electron chi connectivity index (χ0n) is 17.0. The minimum absolute atomic E-state index is 0.235. The highest BCUT2D eigenvalue weighted by molar-refractivity contribution is 9.10. The summed E-state index contributed by atoms with van der Waals surface area (Å²) in [5, 5.41) is 13.2. The van der Waals surface area contributed by atoms with Crippen LogP contribution in [0.5, 0.6) is 5.75 Å². The van der Waals surface area contributed by atoms with Gasteiger partial charge in [0, 0.05) is 28.9 Å². The molecule has 0 aliphatic rings. The second kappa shape index (κ2) is 9.86. The van der Waals surface area contributed by atoms with E-state index < -0.39 is 0 Å². The molecule has 0 radical (unpaired) electrons. The Kier molecular flexibility index (Phi) is 7.23. The van der Waals surface area contributed by atoms with Crippen LogP contribution in [0.2, 0.25) is 0 Å². The smallest absolute Gasteiger partial charge is 0.257 e. The van der Waals surface area contributed by atoms with Crippen molar-refractivity contribution in [3.05, 3.63) is 75.0 Å². The average molecular weight is 487 g/mol. The number of rotatable bonds is 6. The summed E-state index contributed by atoms with van der Waals surface area (Å²) >= 11 is 8.69. The molecule has 2 aromatic carbocycles. The molecule has 0 unspecified atom stereocenters. The number of benzene rings is 2. The topological polar surface area (TPSA) is 79.0 Å². The van der Waals surface area contributed by atoms with Crippen molar-refractivity contribution in [2.24, 2.45) is 0 Å². The minimum Gasteiger partial charge on any atom is -0.493 e. The number of hydrogen-bond donors (Lipinski definition) is 3. The lowest BCUT2D eigenvalue weighted by Gasteiger charge is -2.11. The molecule has 1 heterocycles. The van der Waals surface area contributed by atoms with Crippen LogP contribution in [-0.4, -0.2) is 27.8 Å². The summed E-state index contributed by atoms with van der Waals surface area (Å²) < 4.78 is 6.18. The van der Waals surface area contributed by atoms with Crippen LogP contribution in [0.25, 0.3) is 0 Å². The summed E-state index contributed by atoms with van der Waals surface area (Å²) in [6.07, 6.45) is 0.808. The molecule has 0 saturated carbocycles. The van der Waals surface area contributed by atoms with E-state index in [9.17, 15) is 4.79 Å². The Morgan fingerprint density at radius 3 is 2.53 bits per heavy atom.